The number of alkyl halides is 3. The molecule has 0 amide bonds. The minimum Gasteiger partial charge on any atom is -0.485 e. The van der Waals surface area contributed by atoms with E-state index >= 15 is 0 Å². The first kappa shape index (κ1) is 16.0. The fraction of sp³-hybridized carbons (Fsp3) is 0.500. The van der Waals surface area contributed by atoms with Crippen LogP contribution in [0.5, 0.6) is 5.75 Å². The van der Waals surface area contributed by atoms with Crippen LogP contribution in [0.2, 0.25) is 5.02 Å². The summed E-state index contributed by atoms with van der Waals surface area (Å²) in [7, 11) is 0. The van der Waals surface area contributed by atoms with E-state index in [-0.39, 0.29) is 0 Å². The van der Waals surface area contributed by atoms with E-state index in [2.05, 4.69) is 0 Å². The summed E-state index contributed by atoms with van der Waals surface area (Å²) in [4.78, 5) is 0. The van der Waals surface area contributed by atoms with Crippen LogP contribution in [0.4, 0.5) is 17.6 Å². The molecule has 0 aliphatic heterocycles. The number of rotatable bonds is 6. The highest BCUT2D eigenvalue weighted by atomic mass is 35.5. The van der Waals surface area contributed by atoms with Crippen LogP contribution in [0.25, 0.3) is 0 Å². The van der Waals surface area contributed by atoms with E-state index in [1.807, 2.05) is 0 Å². The Labute approximate surface area is 112 Å². The van der Waals surface area contributed by atoms with Crippen molar-refractivity contribution in [1.82, 2.24) is 0 Å². The monoisotopic (exact) mass is 300 g/mol. The van der Waals surface area contributed by atoms with Crippen molar-refractivity contribution in [3.63, 3.8) is 0 Å². The molecule has 1 atom stereocenters. The summed E-state index contributed by atoms with van der Waals surface area (Å²) in [6, 6.07) is 1.42. The topological polar surface area (TPSA) is 29.5 Å². The highest BCUT2D eigenvalue weighted by Gasteiger charge is 2.34. The summed E-state index contributed by atoms with van der Waals surface area (Å²) < 4.78 is 58.0. The number of ether oxygens (including phenoxy) is 1. The third-order valence-electron chi connectivity index (χ3n) is 2.53. The summed E-state index contributed by atoms with van der Waals surface area (Å²) in [6.45, 7) is -0.560. The van der Waals surface area contributed by atoms with Gasteiger partial charge < -0.3 is 9.84 Å². The quantitative estimate of drug-likeness (QED) is 0.812. The van der Waals surface area contributed by atoms with Crippen molar-refractivity contribution >= 4 is 11.6 Å². The second-order valence-electron chi connectivity index (χ2n) is 3.90. The first-order valence-electron chi connectivity index (χ1n) is 5.56. The molecular weight excluding hydrogens is 288 g/mol. The fourth-order valence-electron chi connectivity index (χ4n) is 1.40. The van der Waals surface area contributed by atoms with Gasteiger partial charge in [-0.25, -0.2) is 17.6 Å². The van der Waals surface area contributed by atoms with Crippen molar-refractivity contribution in [2.75, 3.05) is 13.3 Å². The highest BCUT2D eigenvalue weighted by Crippen LogP contribution is 2.40. The Kier molecular flexibility index (Phi) is 5.43. The predicted octanol–water partition coefficient (Wildman–Crippen LogP) is 3.69. The van der Waals surface area contributed by atoms with Crippen molar-refractivity contribution in [3.05, 3.63) is 28.5 Å². The van der Waals surface area contributed by atoms with E-state index in [1.165, 1.54) is 6.92 Å². The molecule has 2 nitrogen and oxygen atoms in total. The van der Waals surface area contributed by atoms with Crippen LogP contribution in [-0.4, -0.2) is 24.5 Å². The zero-order valence-electron chi connectivity index (χ0n) is 10.1. The van der Waals surface area contributed by atoms with Crippen molar-refractivity contribution in [1.29, 1.82) is 0 Å². The lowest BCUT2D eigenvalue weighted by Gasteiger charge is -2.22. The normalized spacial score (nSPS) is 13.4. The third kappa shape index (κ3) is 3.73. The molecule has 1 N–H and O–H groups in total. The maximum absolute atomic E-state index is 13.7. The lowest BCUT2D eigenvalue weighted by molar-refractivity contribution is -0.0136. The van der Waals surface area contributed by atoms with Crippen LogP contribution >= 0.6 is 11.6 Å². The van der Waals surface area contributed by atoms with Gasteiger partial charge in [-0.2, -0.15) is 0 Å². The van der Waals surface area contributed by atoms with E-state index in [9.17, 15) is 17.6 Å². The maximum Gasteiger partial charge on any atom is 0.276 e. The molecule has 0 aromatic heterocycles. The van der Waals surface area contributed by atoms with E-state index in [4.69, 9.17) is 21.4 Å². The van der Waals surface area contributed by atoms with Crippen LogP contribution in [0.3, 0.4) is 0 Å². The molecule has 19 heavy (non-hydrogen) atoms. The van der Waals surface area contributed by atoms with Crippen LogP contribution in [0.1, 0.15) is 18.9 Å². The van der Waals surface area contributed by atoms with Crippen LogP contribution in [0, 0.1) is 5.82 Å². The Morgan fingerprint density at radius 3 is 2.53 bits per heavy atom. The summed E-state index contributed by atoms with van der Waals surface area (Å²) in [5.74, 6) is -4.77. The van der Waals surface area contributed by atoms with Gasteiger partial charge in [-0.3, -0.25) is 0 Å². The number of aliphatic hydroxyl groups excluding tert-OH is 1. The van der Waals surface area contributed by atoms with Crippen LogP contribution in [0.15, 0.2) is 12.1 Å². The summed E-state index contributed by atoms with van der Waals surface area (Å²) in [5.41, 5.74) is -0.631. The van der Waals surface area contributed by atoms with Gasteiger partial charge in [0, 0.05) is 12.5 Å². The number of hydrogen-bond donors (Lipinski definition) is 1. The molecule has 0 radical (unpaired) electrons. The van der Waals surface area contributed by atoms with Gasteiger partial charge in [-0.1, -0.05) is 18.5 Å². The molecule has 1 rings (SSSR count). The molecule has 0 spiro atoms. The molecule has 1 aromatic carbocycles. The number of aliphatic hydroxyl groups is 1. The van der Waals surface area contributed by atoms with Gasteiger partial charge in [0.2, 0.25) is 0 Å². The van der Waals surface area contributed by atoms with E-state index in [0.29, 0.717) is 6.07 Å². The minimum atomic E-state index is -3.29. The van der Waals surface area contributed by atoms with Gasteiger partial charge in [-0.15, -0.1) is 0 Å². The third-order valence-corrected chi connectivity index (χ3v) is 2.82. The number of benzene rings is 1. The standard InChI is InChI=1S/C12H13ClF4O2/c1-2-12(16,17)8-3-9(13)10(15)4-11(8)19-7(5-14)6-18/h3-4,7,18H,2,5-6H2,1H3. The number of halogens is 5. The zero-order valence-corrected chi connectivity index (χ0v) is 10.9. The maximum atomic E-state index is 13.7. The van der Waals surface area contributed by atoms with Crippen molar-refractivity contribution < 1.29 is 27.4 Å². The van der Waals surface area contributed by atoms with Gasteiger partial charge in [0.25, 0.3) is 5.92 Å². The van der Waals surface area contributed by atoms with Gasteiger partial charge in [0.1, 0.15) is 24.3 Å². The fourth-order valence-corrected chi connectivity index (χ4v) is 1.56. The molecule has 0 bridgehead atoms. The van der Waals surface area contributed by atoms with Crippen LogP contribution < -0.4 is 4.74 Å². The van der Waals surface area contributed by atoms with E-state index in [1.54, 1.807) is 0 Å². The molecule has 0 saturated heterocycles. The minimum absolute atomic E-state index is 0.476. The highest BCUT2D eigenvalue weighted by molar-refractivity contribution is 6.30. The largest absolute Gasteiger partial charge is 0.485 e. The molecule has 0 saturated carbocycles. The van der Waals surface area contributed by atoms with E-state index < -0.39 is 53.9 Å². The van der Waals surface area contributed by atoms with Crippen LogP contribution in [-0.2, 0) is 5.92 Å². The Bertz CT molecular complexity index is 436. The summed E-state index contributed by atoms with van der Waals surface area (Å²) >= 11 is 5.47. The molecule has 1 unspecified atom stereocenters. The first-order chi connectivity index (χ1) is 8.85. The molecule has 1 aromatic rings. The van der Waals surface area contributed by atoms with Crippen molar-refractivity contribution in [2.24, 2.45) is 0 Å². The molecule has 0 heterocycles. The molecule has 0 fully saturated rings. The van der Waals surface area contributed by atoms with Crippen molar-refractivity contribution in [2.45, 2.75) is 25.4 Å². The van der Waals surface area contributed by atoms with E-state index in [0.717, 1.165) is 6.07 Å². The second kappa shape index (κ2) is 6.43. The number of hydrogen-bond acceptors (Lipinski definition) is 2. The van der Waals surface area contributed by atoms with Gasteiger partial charge in [-0.05, 0) is 6.07 Å². The Balaban J connectivity index is 3.24. The molecule has 0 aliphatic carbocycles. The van der Waals surface area contributed by atoms with Gasteiger partial charge in [0.15, 0.2) is 0 Å². The molecule has 7 heteroatoms. The summed E-state index contributed by atoms with van der Waals surface area (Å²) in [6.07, 6.45) is -1.88. The lowest BCUT2D eigenvalue weighted by Crippen LogP contribution is -2.25. The summed E-state index contributed by atoms with van der Waals surface area (Å²) in [5, 5.41) is 8.31. The second-order valence-corrected chi connectivity index (χ2v) is 4.30. The zero-order chi connectivity index (χ0) is 14.6. The van der Waals surface area contributed by atoms with Crippen molar-refractivity contribution in [3.8, 4) is 5.75 Å². The first-order valence-corrected chi connectivity index (χ1v) is 5.94. The van der Waals surface area contributed by atoms with Gasteiger partial charge in [0.05, 0.1) is 17.2 Å². The average molecular weight is 301 g/mol. The lowest BCUT2D eigenvalue weighted by atomic mass is 10.0. The smallest absolute Gasteiger partial charge is 0.276 e. The molecule has 0 aliphatic rings. The van der Waals surface area contributed by atoms with Gasteiger partial charge >= 0.3 is 0 Å². The Morgan fingerprint density at radius 1 is 1.42 bits per heavy atom. The molecular formula is C12H13ClF4O2. The Morgan fingerprint density at radius 2 is 2.05 bits per heavy atom. The Hall–Kier alpha value is -1.01. The SMILES string of the molecule is CCC(F)(F)c1cc(Cl)c(F)cc1OC(CO)CF. The average Bonchev–Trinajstić information content (AvgIpc) is 2.39. The predicted molar refractivity (Wildman–Crippen MR) is 63.1 cm³/mol. The molecule has 108 valence electrons.